The number of aromatic nitrogens is 3. The van der Waals surface area contributed by atoms with Crippen molar-refractivity contribution in [3.05, 3.63) is 29.5 Å². The molecule has 0 radical (unpaired) electrons. The van der Waals surface area contributed by atoms with Crippen LogP contribution in [0.5, 0.6) is 5.75 Å². The Morgan fingerprint density at radius 3 is 2.54 bits per heavy atom. The van der Waals surface area contributed by atoms with Gasteiger partial charge >= 0.3 is 0 Å². The van der Waals surface area contributed by atoms with Crippen molar-refractivity contribution in [3.8, 4) is 17.0 Å². The molecule has 6 nitrogen and oxygen atoms in total. The van der Waals surface area contributed by atoms with E-state index in [1.54, 1.807) is 0 Å². The quantitative estimate of drug-likeness (QED) is 0.800. The summed E-state index contributed by atoms with van der Waals surface area (Å²) < 4.78 is 0. The van der Waals surface area contributed by atoms with Crippen molar-refractivity contribution in [2.45, 2.75) is 57.1 Å². The molecule has 1 aromatic carbocycles. The molecule has 2 saturated carbocycles. The summed E-state index contributed by atoms with van der Waals surface area (Å²) in [5.74, 6) is 1.29. The summed E-state index contributed by atoms with van der Waals surface area (Å²) >= 11 is 0. The number of hydrogen-bond donors (Lipinski definition) is 3. The number of rotatable bonds is 4. The van der Waals surface area contributed by atoms with Crippen LogP contribution in [0.1, 0.15) is 49.8 Å². The van der Waals surface area contributed by atoms with E-state index in [-0.39, 0.29) is 11.8 Å². The molecule has 126 valence electrons. The number of hydrogen-bond acceptors (Lipinski definition) is 6. The highest BCUT2D eigenvalue weighted by atomic mass is 16.3. The molecule has 2 fully saturated rings. The lowest BCUT2D eigenvalue weighted by atomic mass is 9.77. The first kappa shape index (κ1) is 15.3. The van der Waals surface area contributed by atoms with E-state index in [0.29, 0.717) is 41.7 Å². The van der Waals surface area contributed by atoms with E-state index >= 15 is 0 Å². The Balaban J connectivity index is 1.53. The van der Waals surface area contributed by atoms with Crippen molar-refractivity contribution >= 4 is 5.95 Å². The molecule has 24 heavy (non-hydrogen) atoms. The molecule has 0 amide bonds. The highest BCUT2D eigenvalue weighted by molar-refractivity contribution is 5.69. The second-order valence-electron chi connectivity index (χ2n) is 7.37. The third-order valence-corrected chi connectivity index (χ3v) is 4.89. The van der Waals surface area contributed by atoms with Crippen LogP contribution in [0.15, 0.2) is 18.2 Å². The zero-order chi connectivity index (χ0) is 16.9. The lowest BCUT2D eigenvalue weighted by molar-refractivity contribution is -0.0236. The monoisotopic (exact) mass is 326 g/mol. The molecule has 2 aromatic rings. The minimum atomic E-state index is -0.588. The lowest BCUT2D eigenvalue weighted by Gasteiger charge is -2.41. The van der Waals surface area contributed by atoms with Gasteiger partial charge in [-0.25, -0.2) is 4.98 Å². The molecule has 0 aliphatic heterocycles. The Bertz CT molecular complexity index is 779. The SMILES string of the molecule is Cc1nc(N[C@H]2C[C@@](C)(O)C2)nnc1-c1ccc(C2CC2)cc1O. The van der Waals surface area contributed by atoms with Gasteiger partial charge in [-0.15, -0.1) is 10.2 Å². The number of phenols is 1. The van der Waals surface area contributed by atoms with Gasteiger partial charge in [-0.3, -0.25) is 0 Å². The summed E-state index contributed by atoms with van der Waals surface area (Å²) in [6.07, 6.45) is 3.77. The van der Waals surface area contributed by atoms with Crippen molar-refractivity contribution in [3.63, 3.8) is 0 Å². The molecule has 0 spiro atoms. The first-order valence-electron chi connectivity index (χ1n) is 8.45. The average Bonchev–Trinajstić information content (AvgIpc) is 3.31. The zero-order valence-electron chi connectivity index (χ0n) is 14.0. The van der Waals surface area contributed by atoms with Crippen molar-refractivity contribution in [2.24, 2.45) is 0 Å². The molecule has 0 saturated heterocycles. The number of aromatic hydroxyl groups is 1. The normalized spacial score (nSPS) is 26.0. The number of nitrogens with zero attached hydrogens (tertiary/aromatic N) is 3. The van der Waals surface area contributed by atoms with Crippen LogP contribution in [0.4, 0.5) is 5.95 Å². The smallest absolute Gasteiger partial charge is 0.243 e. The van der Waals surface area contributed by atoms with E-state index in [1.807, 2.05) is 26.0 Å². The van der Waals surface area contributed by atoms with Gasteiger partial charge in [-0.1, -0.05) is 6.07 Å². The van der Waals surface area contributed by atoms with Crippen LogP contribution in [0, 0.1) is 6.92 Å². The van der Waals surface area contributed by atoms with Gasteiger partial charge in [0.25, 0.3) is 0 Å². The number of benzene rings is 1. The maximum absolute atomic E-state index is 10.3. The van der Waals surface area contributed by atoms with Crippen molar-refractivity contribution in [2.75, 3.05) is 5.32 Å². The van der Waals surface area contributed by atoms with Gasteiger partial charge in [0, 0.05) is 11.6 Å². The van der Waals surface area contributed by atoms with Gasteiger partial charge in [0.1, 0.15) is 11.4 Å². The molecule has 4 rings (SSSR count). The summed E-state index contributed by atoms with van der Waals surface area (Å²) in [5, 5.41) is 31.7. The van der Waals surface area contributed by atoms with Gasteiger partial charge in [0.15, 0.2) is 0 Å². The molecule has 1 heterocycles. The maximum Gasteiger partial charge on any atom is 0.243 e. The minimum Gasteiger partial charge on any atom is -0.507 e. The van der Waals surface area contributed by atoms with Crippen molar-refractivity contribution in [1.29, 1.82) is 0 Å². The summed E-state index contributed by atoms with van der Waals surface area (Å²) in [6.45, 7) is 3.69. The van der Waals surface area contributed by atoms with E-state index < -0.39 is 5.60 Å². The minimum absolute atomic E-state index is 0.179. The maximum atomic E-state index is 10.3. The van der Waals surface area contributed by atoms with Gasteiger partial charge in [-0.05, 0) is 63.1 Å². The Hall–Kier alpha value is -2.21. The van der Waals surface area contributed by atoms with Crippen molar-refractivity contribution < 1.29 is 10.2 Å². The standard InChI is InChI=1S/C18H22N4O2/c1-10-16(14-6-5-12(7-15(14)23)11-3-4-11)21-22-17(19-10)20-13-8-18(2,24)9-13/h5-7,11,13,23-24H,3-4,8-9H2,1-2H3,(H,19,20,22)/t13-,18+. The second-order valence-corrected chi connectivity index (χ2v) is 7.37. The van der Waals surface area contributed by atoms with E-state index in [2.05, 4.69) is 26.6 Å². The van der Waals surface area contributed by atoms with Gasteiger partial charge < -0.3 is 15.5 Å². The highest BCUT2D eigenvalue weighted by Crippen LogP contribution is 2.42. The van der Waals surface area contributed by atoms with Crippen molar-refractivity contribution in [1.82, 2.24) is 15.2 Å². The van der Waals surface area contributed by atoms with Crippen LogP contribution in [-0.2, 0) is 0 Å². The molecule has 2 aliphatic rings. The summed E-state index contributed by atoms with van der Waals surface area (Å²) in [7, 11) is 0. The first-order chi connectivity index (χ1) is 11.4. The summed E-state index contributed by atoms with van der Waals surface area (Å²) in [5.41, 5.74) is 2.57. The van der Waals surface area contributed by atoms with Crippen LogP contribution < -0.4 is 5.32 Å². The van der Waals surface area contributed by atoms with Gasteiger partial charge in [0.2, 0.25) is 5.95 Å². The van der Waals surface area contributed by atoms with E-state index in [4.69, 9.17) is 0 Å². The Labute approximate surface area is 141 Å². The third kappa shape index (κ3) is 2.94. The molecule has 6 heteroatoms. The lowest BCUT2D eigenvalue weighted by Crippen LogP contribution is -2.48. The van der Waals surface area contributed by atoms with Crippen LogP contribution in [0.25, 0.3) is 11.3 Å². The number of aryl methyl sites for hydroxylation is 1. The van der Waals surface area contributed by atoms with E-state index in [0.717, 1.165) is 0 Å². The highest BCUT2D eigenvalue weighted by Gasteiger charge is 2.38. The Morgan fingerprint density at radius 1 is 1.21 bits per heavy atom. The zero-order valence-corrected chi connectivity index (χ0v) is 14.0. The molecule has 0 bridgehead atoms. The van der Waals surface area contributed by atoms with Crippen LogP contribution >= 0.6 is 0 Å². The third-order valence-electron chi connectivity index (χ3n) is 4.89. The van der Waals surface area contributed by atoms with E-state index in [1.165, 1.54) is 18.4 Å². The fourth-order valence-corrected chi connectivity index (χ4v) is 3.42. The van der Waals surface area contributed by atoms with Gasteiger partial charge in [0.05, 0.1) is 11.3 Å². The molecule has 3 N–H and O–H groups in total. The molecule has 2 aliphatic carbocycles. The molecule has 1 aromatic heterocycles. The topological polar surface area (TPSA) is 91.2 Å². The second kappa shape index (κ2) is 5.41. The predicted molar refractivity (Wildman–Crippen MR) is 90.9 cm³/mol. The predicted octanol–water partition coefficient (Wildman–Crippen LogP) is 2.76. The number of phenolic OH excluding ortho intramolecular Hbond substituents is 1. The fourth-order valence-electron chi connectivity index (χ4n) is 3.42. The molecular formula is C18H22N4O2. The first-order valence-corrected chi connectivity index (χ1v) is 8.45. The number of anilines is 1. The molecule has 0 unspecified atom stereocenters. The molecule has 0 atom stereocenters. The number of nitrogens with one attached hydrogen (secondary N) is 1. The Kier molecular flexibility index (Phi) is 3.46. The van der Waals surface area contributed by atoms with Crippen LogP contribution in [-0.4, -0.2) is 37.0 Å². The van der Waals surface area contributed by atoms with Crippen LogP contribution in [0.2, 0.25) is 0 Å². The Morgan fingerprint density at radius 2 is 1.96 bits per heavy atom. The van der Waals surface area contributed by atoms with E-state index in [9.17, 15) is 10.2 Å². The van der Waals surface area contributed by atoms with Crippen LogP contribution in [0.3, 0.4) is 0 Å². The summed E-state index contributed by atoms with van der Waals surface area (Å²) in [6, 6.07) is 5.96. The molecular weight excluding hydrogens is 304 g/mol. The van der Waals surface area contributed by atoms with Gasteiger partial charge in [-0.2, -0.15) is 0 Å². The fraction of sp³-hybridized carbons (Fsp3) is 0.500. The average molecular weight is 326 g/mol. The largest absolute Gasteiger partial charge is 0.507 e. The summed E-state index contributed by atoms with van der Waals surface area (Å²) in [4.78, 5) is 4.45. The number of aliphatic hydroxyl groups is 1.